The van der Waals surface area contributed by atoms with E-state index in [1.165, 1.54) is 0 Å². The Morgan fingerprint density at radius 3 is 2.76 bits per heavy atom. The second kappa shape index (κ2) is 5.88. The molecule has 1 atom stereocenters. The molecule has 0 aliphatic carbocycles. The average Bonchev–Trinajstić information content (AvgIpc) is 2.37. The summed E-state index contributed by atoms with van der Waals surface area (Å²) < 4.78 is 40.0. The third kappa shape index (κ3) is 3.18. The number of hydrogen-bond donors (Lipinski definition) is 2. The van der Waals surface area contributed by atoms with E-state index in [9.17, 15) is 17.6 Å². The van der Waals surface area contributed by atoms with Crippen LogP contribution in [0.15, 0.2) is 17.0 Å². The minimum absolute atomic E-state index is 0.0668. The molecular weight excluding hydrogens is 323 g/mol. The Morgan fingerprint density at radius 1 is 1.52 bits per heavy atom. The predicted octanol–water partition coefficient (Wildman–Crippen LogP) is 1.16. The van der Waals surface area contributed by atoms with Crippen molar-refractivity contribution in [3.8, 4) is 0 Å². The summed E-state index contributed by atoms with van der Waals surface area (Å²) in [7, 11) is -4.10. The first-order valence-corrected chi connectivity index (χ1v) is 8.01. The summed E-state index contributed by atoms with van der Waals surface area (Å²) in [6.07, 6.45) is 0. The van der Waals surface area contributed by atoms with Crippen molar-refractivity contribution in [1.29, 1.82) is 0 Å². The van der Waals surface area contributed by atoms with Gasteiger partial charge in [0.1, 0.15) is 10.7 Å². The molecule has 1 aliphatic rings. The van der Waals surface area contributed by atoms with Crippen LogP contribution in [0.4, 0.5) is 4.39 Å². The number of carbonyl (C=O) groups is 1. The van der Waals surface area contributed by atoms with Crippen LogP contribution in [0.5, 0.6) is 0 Å². The number of benzene rings is 1. The van der Waals surface area contributed by atoms with Crippen molar-refractivity contribution in [2.45, 2.75) is 17.9 Å². The number of sulfonamides is 1. The molecule has 9 heteroatoms. The molecule has 2 rings (SSSR count). The lowest BCUT2D eigenvalue weighted by Gasteiger charge is -2.31. The van der Waals surface area contributed by atoms with Crippen LogP contribution in [0.2, 0.25) is 5.02 Å². The van der Waals surface area contributed by atoms with Crippen LogP contribution < -0.4 is 5.32 Å². The van der Waals surface area contributed by atoms with Gasteiger partial charge in [-0.15, -0.1) is 0 Å². The lowest BCUT2D eigenvalue weighted by molar-refractivity contribution is 0.0696. The monoisotopic (exact) mass is 336 g/mol. The highest BCUT2D eigenvalue weighted by Gasteiger charge is 2.32. The SMILES string of the molecule is CC1CN(S(=O)(=O)c2cc(C(=O)O)c(Cl)cc2F)CCN1. The zero-order valence-corrected chi connectivity index (χ0v) is 12.7. The summed E-state index contributed by atoms with van der Waals surface area (Å²) in [5.74, 6) is -2.47. The number of carboxylic acid groups (broad SMARTS) is 1. The van der Waals surface area contributed by atoms with Crippen LogP contribution in [0.3, 0.4) is 0 Å². The van der Waals surface area contributed by atoms with Gasteiger partial charge in [-0.1, -0.05) is 11.6 Å². The first kappa shape index (κ1) is 16.2. The molecular formula is C12H14ClFN2O4S. The van der Waals surface area contributed by atoms with Gasteiger partial charge < -0.3 is 10.4 Å². The van der Waals surface area contributed by atoms with Crippen LogP contribution in [0.25, 0.3) is 0 Å². The van der Waals surface area contributed by atoms with E-state index in [0.29, 0.717) is 12.6 Å². The van der Waals surface area contributed by atoms with E-state index >= 15 is 0 Å². The standard InChI is InChI=1S/C12H14ClFN2O4S/c1-7-6-16(3-2-15-7)21(19,20)11-4-8(12(17)18)9(13)5-10(11)14/h4-5,7,15H,2-3,6H2,1H3,(H,17,18). The number of nitrogens with one attached hydrogen (secondary N) is 1. The number of piperazine rings is 1. The van der Waals surface area contributed by atoms with E-state index in [0.717, 1.165) is 10.4 Å². The largest absolute Gasteiger partial charge is 0.478 e. The molecule has 1 aromatic carbocycles. The third-order valence-electron chi connectivity index (χ3n) is 3.20. The van der Waals surface area contributed by atoms with Gasteiger partial charge in [0, 0.05) is 25.7 Å². The second-order valence-corrected chi connectivity index (χ2v) is 7.10. The fourth-order valence-corrected chi connectivity index (χ4v) is 3.98. The Bertz CT molecular complexity index is 680. The molecule has 1 heterocycles. The molecule has 1 aliphatic heterocycles. The van der Waals surface area contributed by atoms with Crippen LogP contribution in [0.1, 0.15) is 17.3 Å². The zero-order chi connectivity index (χ0) is 15.8. The van der Waals surface area contributed by atoms with Crippen molar-refractivity contribution in [1.82, 2.24) is 9.62 Å². The van der Waals surface area contributed by atoms with Crippen molar-refractivity contribution in [2.24, 2.45) is 0 Å². The summed E-state index contributed by atoms with van der Waals surface area (Å²) in [4.78, 5) is 10.3. The normalized spacial score (nSPS) is 20.4. The number of rotatable bonds is 3. The molecule has 1 aromatic rings. The molecule has 0 bridgehead atoms. The first-order valence-electron chi connectivity index (χ1n) is 6.19. The van der Waals surface area contributed by atoms with Gasteiger partial charge in [-0.3, -0.25) is 0 Å². The zero-order valence-electron chi connectivity index (χ0n) is 11.1. The topological polar surface area (TPSA) is 86.7 Å². The molecule has 21 heavy (non-hydrogen) atoms. The van der Waals surface area contributed by atoms with Gasteiger partial charge >= 0.3 is 5.97 Å². The van der Waals surface area contributed by atoms with Gasteiger partial charge in [0.2, 0.25) is 10.0 Å². The quantitative estimate of drug-likeness (QED) is 0.865. The summed E-state index contributed by atoms with van der Waals surface area (Å²) in [5.41, 5.74) is -0.445. The van der Waals surface area contributed by atoms with Crippen LogP contribution in [0, 0.1) is 5.82 Å². The average molecular weight is 337 g/mol. The van der Waals surface area contributed by atoms with Crippen LogP contribution in [-0.2, 0) is 10.0 Å². The molecule has 0 saturated carbocycles. The van der Waals surface area contributed by atoms with E-state index in [-0.39, 0.29) is 24.2 Å². The van der Waals surface area contributed by atoms with Crippen molar-refractivity contribution in [3.05, 3.63) is 28.5 Å². The molecule has 1 fully saturated rings. The Labute approximate surface area is 126 Å². The molecule has 2 N–H and O–H groups in total. The second-order valence-electron chi connectivity index (χ2n) is 4.79. The van der Waals surface area contributed by atoms with E-state index in [4.69, 9.17) is 16.7 Å². The number of halogens is 2. The maximum Gasteiger partial charge on any atom is 0.337 e. The number of carboxylic acids is 1. The van der Waals surface area contributed by atoms with Crippen molar-refractivity contribution in [3.63, 3.8) is 0 Å². The molecule has 1 unspecified atom stereocenters. The summed E-state index contributed by atoms with van der Waals surface area (Å²) in [6.45, 7) is 2.63. The highest BCUT2D eigenvalue weighted by Crippen LogP contribution is 2.26. The van der Waals surface area contributed by atoms with Gasteiger partial charge in [-0.2, -0.15) is 4.31 Å². The highest BCUT2D eigenvalue weighted by atomic mass is 35.5. The van der Waals surface area contributed by atoms with Gasteiger partial charge in [0.25, 0.3) is 0 Å². The van der Waals surface area contributed by atoms with E-state index in [2.05, 4.69) is 5.32 Å². The number of aromatic carboxylic acids is 1. The smallest absolute Gasteiger partial charge is 0.337 e. The van der Waals surface area contributed by atoms with Gasteiger partial charge in [0.05, 0.1) is 10.6 Å². The maximum atomic E-state index is 13.9. The molecule has 6 nitrogen and oxygen atoms in total. The maximum absolute atomic E-state index is 13.9. The summed E-state index contributed by atoms with van der Waals surface area (Å²) in [6, 6.07) is 1.41. The predicted molar refractivity (Wildman–Crippen MR) is 74.6 cm³/mol. The minimum Gasteiger partial charge on any atom is -0.478 e. The fourth-order valence-electron chi connectivity index (χ4n) is 2.15. The Balaban J connectivity index is 2.49. The fraction of sp³-hybridized carbons (Fsp3) is 0.417. The van der Waals surface area contributed by atoms with E-state index in [1.54, 1.807) is 0 Å². The van der Waals surface area contributed by atoms with Crippen LogP contribution in [-0.4, -0.2) is 49.5 Å². The Hall–Kier alpha value is -1.22. The van der Waals surface area contributed by atoms with Crippen molar-refractivity contribution in [2.75, 3.05) is 19.6 Å². The summed E-state index contributed by atoms with van der Waals surface area (Å²) >= 11 is 5.62. The van der Waals surface area contributed by atoms with Gasteiger partial charge in [-0.05, 0) is 19.1 Å². The molecule has 0 spiro atoms. The molecule has 0 radical (unpaired) electrons. The van der Waals surface area contributed by atoms with E-state index < -0.39 is 32.3 Å². The molecule has 116 valence electrons. The molecule has 0 amide bonds. The van der Waals surface area contributed by atoms with Crippen LogP contribution >= 0.6 is 11.6 Å². The van der Waals surface area contributed by atoms with E-state index in [1.807, 2.05) is 6.92 Å². The third-order valence-corrected chi connectivity index (χ3v) is 5.39. The van der Waals surface area contributed by atoms with Gasteiger partial charge in [0.15, 0.2) is 0 Å². The lowest BCUT2D eigenvalue weighted by atomic mass is 10.2. The van der Waals surface area contributed by atoms with Gasteiger partial charge in [-0.25, -0.2) is 17.6 Å². The summed E-state index contributed by atoms with van der Waals surface area (Å²) in [5, 5.41) is 11.7. The van der Waals surface area contributed by atoms with Crippen molar-refractivity contribution >= 4 is 27.6 Å². The van der Waals surface area contributed by atoms with Crippen molar-refractivity contribution < 1.29 is 22.7 Å². The lowest BCUT2D eigenvalue weighted by Crippen LogP contribution is -2.51. The Morgan fingerprint density at radius 2 is 2.19 bits per heavy atom. The highest BCUT2D eigenvalue weighted by molar-refractivity contribution is 7.89. The first-order chi connectivity index (χ1) is 9.73. The number of nitrogens with zero attached hydrogens (tertiary/aromatic N) is 1. The Kier molecular flexibility index (Phi) is 4.52. The minimum atomic E-state index is -4.10. The molecule has 0 aromatic heterocycles. The molecule has 1 saturated heterocycles. The number of hydrogen-bond acceptors (Lipinski definition) is 4.